The number of quaternary nitrogens is 1. The molecule has 1 fully saturated rings. The Bertz CT molecular complexity index is 740. The van der Waals surface area contributed by atoms with Crippen molar-refractivity contribution in [2.24, 2.45) is 0 Å². The summed E-state index contributed by atoms with van der Waals surface area (Å²) in [5, 5.41) is 6.56. The summed E-state index contributed by atoms with van der Waals surface area (Å²) in [6, 6.07) is 15.9. The zero-order chi connectivity index (χ0) is 19.2. The van der Waals surface area contributed by atoms with Gasteiger partial charge in [-0.2, -0.15) is 0 Å². The van der Waals surface area contributed by atoms with E-state index in [2.05, 4.69) is 39.8 Å². The Morgan fingerprint density at radius 1 is 1.07 bits per heavy atom. The maximum Gasteiger partial charge on any atom is 0.319 e. The molecule has 0 saturated carbocycles. The second-order valence-electron chi connectivity index (χ2n) is 7.25. The van der Waals surface area contributed by atoms with E-state index in [0.717, 1.165) is 18.8 Å². The maximum atomic E-state index is 12.3. The molecule has 0 bridgehead atoms. The first-order valence-electron chi connectivity index (χ1n) is 9.45. The number of anilines is 2. The lowest BCUT2D eigenvalue weighted by atomic mass is 10.0. The number of urea groups is 1. The number of rotatable bonds is 6. The summed E-state index contributed by atoms with van der Waals surface area (Å²) >= 11 is 5.89. The summed E-state index contributed by atoms with van der Waals surface area (Å²) in [6.07, 6.45) is 2.50. The predicted molar refractivity (Wildman–Crippen MR) is 112 cm³/mol. The van der Waals surface area contributed by atoms with E-state index in [0.29, 0.717) is 11.6 Å². The first kappa shape index (κ1) is 19.5. The lowest BCUT2D eigenvalue weighted by Crippen LogP contribution is -3.11. The van der Waals surface area contributed by atoms with Crippen molar-refractivity contribution in [1.82, 2.24) is 5.32 Å². The molecule has 1 aliphatic rings. The average Bonchev–Trinajstić information content (AvgIpc) is 3.19. The van der Waals surface area contributed by atoms with E-state index in [4.69, 9.17) is 11.6 Å². The van der Waals surface area contributed by atoms with Crippen LogP contribution >= 0.6 is 11.6 Å². The molecular weight excluding hydrogens is 360 g/mol. The van der Waals surface area contributed by atoms with Gasteiger partial charge in [-0.25, -0.2) is 4.79 Å². The normalized spacial score (nSPS) is 15.4. The van der Waals surface area contributed by atoms with Gasteiger partial charge in [-0.05, 0) is 36.4 Å². The van der Waals surface area contributed by atoms with E-state index < -0.39 is 0 Å². The van der Waals surface area contributed by atoms with E-state index >= 15 is 0 Å². The Labute approximate surface area is 166 Å². The highest BCUT2D eigenvalue weighted by Gasteiger charge is 2.27. The number of hydrogen-bond donors (Lipinski definition) is 3. The molecule has 5 nitrogen and oxygen atoms in total. The molecule has 1 heterocycles. The van der Waals surface area contributed by atoms with E-state index in [1.54, 1.807) is 29.2 Å². The third-order valence-electron chi connectivity index (χ3n) is 5.12. The topological polar surface area (TPSA) is 48.8 Å². The molecule has 2 amide bonds. The maximum absolute atomic E-state index is 12.3. The van der Waals surface area contributed by atoms with Crippen molar-refractivity contribution >= 4 is 29.0 Å². The van der Waals surface area contributed by atoms with Gasteiger partial charge in [0.25, 0.3) is 0 Å². The fourth-order valence-electron chi connectivity index (χ4n) is 3.58. The fraction of sp³-hybridized carbons (Fsp3) is 0.381. The van der Waals surface area contributed by atoms with Gasteiger partial charge in [0.15, 0.2) is 0 Å². The monoisotopic (exact) mass is 387 g/mol. The molecule has 3 rings (SSSR count). The van der Waals surface area contributed by atoms with E-state index in [1.807, 2.05) is 14.1 Å². The van der Waals surface area contributed by atoms with Gasteiger partial charge >= 0.3 is 6.03 Å². The van der Waals surface area contributed by atoms with Gasteiger partial charge in [0.1, 0.15) is 6.04 Å². The SMILES string of the molecule is CN(C)c1ccc([C@H](CNC(=O)Nc2ccc(Cl)cc2)[NH+]2CCCC2)cc1. The Balaban J connectivity index is 1.64. The van der Waals surface area contributed by atoms with Crippen LogP contribution in [0.2, 0.25) is 5.02 Å². The van der Waals surface area contributed by atoms with Crippen molar-refractivity contribution in [2.45, 2.75) is 18.9 Å². The number of nitrogens with one attached hydrogen (secondary N) is 3. The van der Waals surface area contributed by atoms with Crippen molar-refractivity contribution in [2.75, 3.05) is 43.9 Å². The molecule has 1 atom stereocenters. The second-order valence-corrected chi connectivity index (χ2v) is 7.68. The summed E-state index contributed by atoms with van der Waals surface area (Å²) < 4.78 is 0. The smallest absolute Gasteiger partial charge is 0.319 e. The molecule has 0 unspecified atom stereocenters. The number of likely N-dealkylation sites (tertiary alicyclic amines) is 1. The Morgan fingerprint density at radius 2 is 1.70 bits per heavy atom. The Morgan fingerprint density at radius 3 is 2.30 bits per heavy atom. The fourth-order valence-corrected chi connectivity index (χ4v) is 3.71. The number of carbonyl (C=O) groups excluding carboxylic acids is 1. The molecule has 27 heavy (non-hydrogen) atoms. The van der Waals surface area contributed by atoms with Gasteiger partial charge in [-0.15, -0.1) is 0 Å². The van der Waals surface area contributed by atoms with Crippen LogP contribution in [-0.4, -0.2) is 39.8 Å². The van der Waals surface area contributed by atoms with Crippen molar-refractivity contribution in [3.8, 4) is 0 Å². The third kappa shape index (κ3) is 5.37. The van der Waals surface area contributed by atoms with Gasteiger partial charge < -0.3 is 20.4 Å². The molecule has 3 N–H and O–H groups in total. The summed E-state index contributed by atoms with van der Waals surface area (Å²) in [5.41, 5.74) is 3.18. The molecule has 0 spiro atoms. The molecule has 2 aromatic rings. The summed E-state index contributed by atoms with van der Waals surface area (Å²) in [6.45, 7) is 2.91. The number of amides is 2. The minimum atomic E-state index is -0.189. The van der Waals surface area contributed by atoms with E-state index in [9.17, 15) is 4.79 Å². The predicted octanol–water partition coefficient (Wildman–Crippen LogP) is 2.95. The Hall–Kier alpha value is -2.24. The van der Waals surface area contributed by atoms with Crippen molar-refractivity contribution in [1.29, 1.82) is 0 Å². The lowest BCUT2D eigenvalue weighted by Gasteiger charge is -2.26. The van der Waals surface area contributed by atoms with Crippen LogP contribution < -0.4 is 20.4 Å². The van der Waals surface area contributed by atoms with Gasteiger partial charge in [-0.1, -0.05) is 23.7 Å². The van der Waals surface area contributed by atoms with Crippen molar-refractivity contribution < 1.29 is 9.69 Å². The number of hydrogen-bond acceptors (Lipinski definition) is 2. The summed E-state index contributed by atoms with van der Waals surface area (Å²) in [4.78, 5) is 16.0. The molecule has 1 saturated heterocycles. The highest BCUT2D eigenvalue weighted by Crippen LogP contribution is 2.17. The van der Waals surface area contributed by atoms with Crippen molar-refractivity contribution in [3.63, 3.8) is 0 Å². The van der Waals surface area contributed by atoms with Crippen LogP contribution in [0.5, 0.6) is 0 Å². The molecule has 1 aliphatic heterocycles. The average molecular weight is 388 g/mol. The first-order valence-corrected chi connectivity index (χ1v) is 9.83. The van der Waals surface area contributed by atoms with Crippen molar-refractivity contribution in [3.05, 3.63) is 59.1 Å². The van der Waals surface area contributed by atoms with Gasteiger partial charge in [-0.3, -0.25) is 0 Å². The second kappa shape index (κ2) is 9.11. The summed E-state index contributed by atoms with van der Waals surface area (Å²) in [7, 11) is 4.09. The number of carbonyl (C=O) groups is 1. The molecule has 144 valence electrons. The van der Waals surface area contributed by atoms with Gasteiger partial charge in [0.2, 0.25) is 0 Å². The number of benzene rings is 2. The molecule has 6 heteroatoms. The van der Waals surface area contributed by atoms with E-state index in [-0.39, 0.29) is 12.1 Å². The molecular formula is C21H28ClN4O+. The number of halogens is 1. The van der Waals surface area contributed by atoms with Crippen LogP contribution in [0, 0.1) is 0 Å². The molecule has 2 aromatic carbocycles. The Kier molecular flexibility index (Phi) is 6.58. The van der Waals surface area contributed by atoms with Crippen LogP contribution in [0.15, 0.2) is 48.5 Å². The first-order chi connectivity index (χ1) is 13.0. The number of nitrogens with zero attached hydrogens (tertiary/aromatic N) is 1. The quantitative estimate of drug-likeness (QED) is 0.713. The largest absolute Gasteiger partial charge is 0.378 e. The van der Waals surface area contributed by atoms with Crippen LogP contribution in [0.4, 0.5) is 16.2 Å². The highest BCUT2D eigenvalue weighted by atomic mass is 35.5. The highest BCUT2D eigenvalue weighted by molar-refractivity contribution is 6.30. The van der Waals surface area contributed by atoms with Gasteiger partial charge in [0, 0.05) is 48.9 Å². The van der Waals surface area contributed by atoms with Crippen LogP contribution in [0.1, 0.15) is 24.4 Å². The van der Waals surface area contributed by atoms with Crippen LogP contribution in [0.25, 0.3) is 0 Å². The molecule has 0 radical (unpaired) electrons. The standard InChI is InChI=1S/C21H27ClN4O/c1-25(2)19-11-5-16(6-12-19)20(26-13-3-4-14-26)15-23-21(27)24-18-9-7-17(22)8-10-18/h5-12,20H,3-4,13-15H2,1-2H3,(H2,23,24,27)/p+1/t20-/m0/s1. The van der Waals surface area contributed by atoms with Crippen LogP contribution in [-0.2, 0) is 0 Å². The van der Waals surface area contributed by atoms with Gasteiger partial charge in [0.05, 0.1) is 19.6 Å². The molecule has 0 aromatic heterocycles. The van der Waals surface area contributed by atoms with E-state index in [1.165, 1.54) is 24.1 Å². The molecule has 0 aliphatic carbocycles. The summed E-state index contributed by atoms with van der Waals surface area (Å²) in [5.74, 6) is 0. The zero-order valence-corrected chi connectivity index (χ0v) is 16.7. The zero-order valence-electron chi connectivity index (χ0n) is 16.0. The minimum Gasteiger partial charge on any atom is -0.378 e. The third-order valence-corrected chi connectivity index (χ3v) is 5.37. The lowest BCUT2D eigenvalue weighted by molar-refractivity contribution is -0.918. The van der Waals surface area contributed by atoms with Crippen LogP contribution in [0.3, 0.4) is 0 Å². The minimum absolute atomic E-state index is 0.189.